The maximum Gasteiger partial charge on any atom is 0.416 e. The molecular weight excluding hydrogens is 231 g/mol. The molecule has 0 unspecified atom stereocenters. The quantitative estimate of drug-likeness (QED) is 0.881. The van der Waals surface area contributed by atoms with Crippen molar-refractivity contribution in [2.24, 2.45) is 0 Å². The van der Waals surface area contributed by atoms with E-state index in [0.29, 0.717) is 12.4 Å². The molecule has 1 aromatic heterocycles. The van der Waals surface area contributed by atoms with E-state index in [1.54, 1.807) is 0 Å². The highest BCUT2D eigenvalue weighted by Crippen LogP contribution is 2.31. The third kappa shape index (κ3) is 2.52. The number of likely N-dealkylation sites (N-methyl/N-ethyl adjacent to an activating group) is 1. The minimum Gasteiger partial charge on any atom is -0.351 e. The van der Waals surface area contributed by atoms with Crippen LogP contribution in [0.25, 0.3) is 0 Å². The maximum atomic E-state index is 12.6. The summed E-state index contributed by atoms with van der Waals surface area (Å²) in [6, 6.07) is 2.36. The van der Waals surface area contributed by atoms with Gasteiger partial charge in [-0.05, 0) is 19.1 Å². The Morgan fingerprint density at radius 1 is 1.47 bits per heavy atom. The monoisotopic (exact) mass is 245 g/mol. The second-order valence-corrected chi connectivity index (χ2v) is 4.00. The fourth-order valence-corrected chi connectivity index (χ4v) is 1.85. The van der Waals surface area contributed by atoms with Gasteiger partial charge in [-0.2, -0.15) is 13.2 Å². The van der Waals surface area contributed by atoms with E-state index in [1.165, 1.54) is 6.20 Å². The van der Waals surface area contributed by atoms with Gasteiger partial charge in [-0.1, -0.05) is 0 Å². The molecule has 1 aromatic rings. The van der Waals surface area contributed by atoms with E-state index in [0.717, 1.165) is 25.2 Å². The first-order valence-corrected chi connectivity index (χ1v) is 5.53. The zero-order valence-electron chi connectivity index (χ0n) is 9.46. The Hall–Kier alpha value is -1.30. The normalized spacial score (nSPS) is 16.7. The van der Waals surface area contributed by atoms with Gasteiger partial charge in [-0.15, -0.1) is 0 Å². The van der Waals surface area contributed by atoms with Gasteiger partial charge in [0, 0.05) is 25.8 Å². The van der Waals surface area contributed by atoms with Gasteiger partial charge >= 0.3 is 6.18 Å². The average Bonchev–Trinajstić information content (AvgIpc) is 2.22. The lowest BCUT2D eigenvalue weighted by molar-refractivity contribution is -0.137. The molecule has 3 nitrogen and oxygen atoms in total. The molecule has 1 aliphatic rings. The molecule has 2 rings (SSSR count). The number of nitrogens with one attached hydrogen (secondary N) is 1. The fraction of sp³-hybridized carbons (Fsp3) is 0.545. The number of aromatic nitrogens is 1. The molecule has 0 bridgehead atoms. The minimum atomic E-state index is -4.31. The summed E-state index contributed by atoms with van der Waals surface area (Å²) in [5, 5.41) is 3.10. The van der Waals surface area contributed by atoms with E-state index in [-0.39, 0.29) is 6.04 Å². The van der Waals surface area contributed by atoms with Crippen molar-refractivity contribution in [3.63, 3.8) is 0 Å². The molecular formula is C11H14F3N3. The predicted molar refractivity (Wildman–Crippen MR) is 58.9 cm³/mol. The van der Waals surface area contributed by atoms with Crippen LogP contribution in [-0.4, -0.2) is 30.7 Å². The molecule has 0 aliphatic carbocycles. The second kappa shape index (κ2) is 4.52. The van der Waals surface area contributed by atoms with Crippen molar-refractivity contribution < 1.29 is 13.2 Å². The van der Waals surface area contributed by atoms with Crippen LogP contribution in [0.15, 0.2) is 18.3 Å². The predicted octanol–water partition coefficient (Wildman–Crippen LogP) is 1.90. The van der Waals surface area contributed by atoms with Crippen molar-refractivity contribution in [1.29, 1.82) is 0 Å². The van der Waals surface area contributed by atoms with Crippen LogP contribution in [0.4, 0.5) is 19.0 Å². The van der Waals surface area contributed by atoms with Gasteiger partial charge in [0.25, 0.3) is 0 Å². The van der Waals surface area contributed by atoms with Crippen LogP contribution in [0.1, 0.15) is 12.5 Å². The van der Waals surface area contributed by atoms with Crippen molar-refractivity contribution in [2.75, 3.05) is 24.5 Å². The summed E-state index contributed by atoms with van der Waals surface area (Å²) in [7, 11) is 0. The molecule has 94 valence electrons. The third-order valence-corrected chi connectivity index (χ3v) is 2.91. The molecule has 1 fully saturated rings. The van der Waals surface area contributed by atoms with Gasteiger partial charge in [0.1, 0.15) is 5.82 Å². The SMILES string of the molecule is CCN(c1cc(C(F)(F)F)ccn1)C1CNC1. The molecule has 17 heavy (non-hydrogen) atoms. The van der Waals surface area contributed by atoms with Gasteiger partial charge in [0.05, 0.1) is 11.6 Å². The summed E-state index contributed by atoms with van der Waals surface area (Å²) in [6.07, 6.45) is -3.10. The number of hydrogen-bond acceptors (Lipinski definition) is 3. The third-order valence-electron chi connectivity index (χ3n) is 2.91. The van der Waals surface area contributed by atoms with Crippen LogP contribution < -0.4 is 10.2 Å². The first-order valence-electron chi connectivity index (χ1n) is 5.53. The fourth-order valence-electron chi connectivity index (χ4n) is 1.85. The van der Waals surface area contributed by atoms with Crippen LogP contribution in [-0.2, 0) is 6.18 Å². The van der Waals surface area contributed by atoms with Crippen molar-refractivity contribution >= 4 is 5.82 Å². The number of rotatable bonds is 3. The summed E-state index contributed by atoms with van der Waals surface area (Å²) in [5.41, 5.74) is -0.645. The molecule has 0 saturated carbocycles. The van der Waals surface area contributed by atoms with Crippen molar-refractivity contribution in [2.45, 2.75) is 19.1 Å². The lowest BCUT2D eigenvalue weighted by Crippen LogP contribution is -2.57. The molecule has 2 heterocycles. The largest absolute Gasteiger partial charge is 0.416 e. The minimum absolute atomic E-state index is 0.246. The molecule has 0 spiro atoms. The van der Waals surface area contributed by atoms with E-state index in [2.05, 4.69) is 10.3 Å². The first kappa shape index (κ1) is 12.2. The van der Waals surface area contributed by atoms with Crippen LogP contribution in [0.2, 0.25) is 0 Å². The Bertz CT molecular complexity index is 388. The summed E-state index contributed by atoms with van der Waals surface area (Å²) in [6.45, 7) is 4.17. The standard InChI is InChI=1S/C11H14F3N3/c1-2-17(9-6-15-7-9)10-5-8(3-4-16-10)11(12,13)14/h3-5,9,15H,2,6-7H2,1H3. The van der Waals surface area contributed by atoms with Gasteiger partial charge < -0.3 is 10.2 Å². The van der Waals surface area contributed by atoms with Gasteiger partial charge in [-0.3, -0.25) is 0 Å². The summed E-state index contributed by atoms with van der Waals surface area (Å²) < 4.78 is 37.7. The number of pyridine rings is 1. The Morgan fingerprint density at radius 2 is 2.18 bits per heavy atom. The van der Waals surface area contributed by atoms with Crippen molar-refractivity contribution in [1.82, 2.24) is 10.3 Å². The van der Waals surface area contributed by atoms with E-state index in [4.69, 9.17) is 0 Å². The number of halogens is 3. The number of nitrogens with zero attached hydrogens (tertiary/aromatic N) is 2. The first-order chi connectivity index (χ1) is 8.02. The summed E-state index contributed by atoms with van der Waals surface area (Å²) in [4.78, 5) is 5.92. The van der Waals surface area contributed by atoms with Crippen LogP contribution in [0.5, 0.6) is 0 Å². The molecule has 0 atom stereocenters. The molecule has 1 aliphatic heterocycles. The second-order valence-electron chi connectivity index (χ2n) is 4.00. The lowest BCUT2D eigenvalue weighted by Gasteiger charge is -2.38. The smallest absolute Gasteiger partial charge is 0.351 e. The average molecular weight is 245 g/mol. The maximum absolute atomic E-state index is 12.6. The number of alkyl halides is 3. The molecule has 0 amide bonds. The van der Waals surface area contributed by atoms with Crippen LogP contribution in [0.3, 0.4) is 0 Å². The molecule has 6 heteroatoms. The van der Waals surface area contributed by atoms with E-state index >= 15 is 0 Å². The molecule has 0 radical (unpaired) electrons. The van der Waals surface area contributed by atoms with Gasteiger partial charge in [0.15, 0.2) is 0 Å². The summed E-state index contributed by atoms with van der Waals surface area (Å²) in [5.74, 6) is 0.397. The van der Waals surface area contributed by atoms with Crippen LogP contribution in [0, 0.1) is 0 Å². The summed E-state index contributed by atoms with van der Waals surface area (Å²) >= 11 is 0. The topological polar surface area (TPSA) is 28.2 Å². The zero-order valence-corrected chi connectivity index (χ0v) is 9.46. The highest BCUT2D eigenvalue weighted by molar-refractivity contribution is 5.43. The van der Waals surface area contributed by atoms with E-state index in [1.807, 2.05) is 11.8 Å². The number of hydrogen-bond donors (Lipinski definition) is 1. The Balaban J connectivity index is 2.25. The van der Waals surface area contributed by atoms with E-state index in [9.17, 15) is 13.2 Å². The molecule has 0 aromatic carbocycles. The Morgan fingerprint density at radius 3 is 2.65 bits per heavy atom. The van der Waals surface area contributed by atoms with Gasteiger partial charge in [0.2, 0.25) is 0 Å². The Labute approximate surface area is 97.6 Å². The van der Waals surface area contributed by atoms with Crippen molar-refractivity contribution in [3.8, 4) is 0 Å². The molecule has 1 saturated heterocycles. The highest BCUT2D eigenvalue weighted by Gasteiger charge is 2.32. The highest BCUT2D eigenvalue weighted by atomic mass is 19.4. The van der Waals surface area contributed by atoms with E-state index < -0.39 is 11.7 Å². The number of anilines is 1. The zero-order chi connectivity index (χ0) is 12.5. The van der Waals surface area contributed by atoms with Crippen LogP contribution >= 0.6 is 0 Å². The molecule has 1 N–H and O–H groups in total. The van der Waals surface area contributed by atoms with Gasteiger partial charge in [-0.25, -0.2) is 4.98 Å². The lowest BCUT2D eigenvalue weighted by atomic mass is 10.1. The Kier molecular flexibility index (Phi) is 3.24. The van der Waals surface area contributed by atoms with Crippen molar-refractivity contribution in [3.05, 3.63) is 23.9 Å².